The van der Waals surface area contributed by atoms with E-state index < -0.39 is 11.9 Å². The lowest BCUT2D eigenvalue weighted by Crippen LogP contribution is -2.28. The van der Waals surface area contributed by atoms with Gasteiger partial charge in [0.2, 0.25) is 0 Å². The topological polar surface area (TPSA) is 93.8 Å². The van der Waals surface area contributed by atoms with Crippen LogP contribution in [0, 0.1) is 24.2 Å². The fraction of sp³-hybridized carbons (Fsp3) is 0.250. The van der Waals surface area contributed by atoms with Crippen molar-refractivity contribution in [2.24, 2.45) is 11.0 Å². The Morgan fingerprint density at radius 2 is 1.87 bits per heavy atom. The van der Waals surface area contributed by atoms with Crippen molar-refractivity contribution in [1.29, 1.82) is 5.26 Å². The van der Waals surface area contributed by atoms with Crippen molar-refractivity contribution in [2.75, 3.05) is 5.01 Å². The molecule has 152 valence electrons. The van der Waals surface area contributed by atoms with Crippen LogP contribution in [0.4, 0.5) is 5.69 Å². The number of anilines is 1. The molecule has 30 heavy (non-hydrogen) atoms. The largest absolute Gasteiger partial charge is 0.478 e. The van der Waals surface area contributed by atoms with Gasteiger partial charge in [-0.25, -0.2) is 9.80 Å². The number of hydrazone groups is 1. The van der Waals surface area contributed by atoms with Crippen LogP contribution >= 0.6 is 0 Å². The zero-order valence-corrected chi connectivity index (χ0v) is 17.0. The summed E-state index contributed by atoms with van der Waals surface area (Å²) in [4.78, 5) is 25.0. The van der Waals surface area contributed by atoms with Crippen LogP contribution in [0.15, 0.2) is 59.2 Å². The molecule has 2 aromatic rings. The second-order valence-electron chi connectivity index (χ2n) is 7.29. The van der Waals surface area contributed by atoms with Crippen molar-refractivity contribution in [3.8, 4) is 6.07 Å². The van der Waals surface area contributed by atoms with Crippen LogP contribution in [0.1, 0.15) is 42.9 Å². The van der Waals surface area contributed by atoms with E-state index in [0.717, 1.165) is 12.0 Å². The van der Waals surface area contributed by atoms with Crippen LogP contribution in [-0.2, 0) is 9.59 Å². The number of nitriles is 1. The molecule has 0 spiro atoms. The highest BCUT2D eigenvalue weighted by Crippen LogP contribution is 2.30. The zero-order chi connectivity index (χ0) is 21.7. The molecule has 0 fully saturated rings. The molecule has 0 saturated heterocycles. The minimum Gasteiger partial charge on any atom is -0.478 e. The summed E-state index contributed by atoms with van der Waals surface area (Å²) in [5.74, 6) is -1.89. The van der Waals surface area contributed by atoms with Crippen LogP contribution in [0.2, 0.25) is 0 Å². The Bertz CT molecular complexity index is 1040. The summed E-state index contributed by atoms with van der Waals surface area (Å²) in [7, 11) is 0. The van der Waals surface area contributed by atoms with Gasteiger partial charge in [-0.05, 0) is 55.7 Å². The van der Waals surface area contributed by atoms with E-state index in [1.807, 2.05) is 44.2 Å². The molecule has 6 nitrogen and oxygen atoms in total. The van der Waals surface area contributed by atoms with Gasteiger partial charge in [0, 0.05) is 5.57 Å². The average molecular weight is 401 g/mol. The second kappa shape index (κ2) is 9.19. The van der Waals surface area contributed by atoms with Gasteiger partial charge in [-0.2, -0.15) is 10.4 Å². The first-order valence-electron chi connectivity index (χ1n) is 9.85. The van der Waals surface area contributed by atoms with Crippen molar-refractivity contribution < 1.29 is 14.7 Å². The molecule has 0 saturated carbocycles. The average Bonchev–Trinajstić information content (AvgIpc) is 3.04. The predicted molar refractivity (Wildman–Crippen MR) is 116 cm³/mol. The third-order valence-corrected chi connectivity index (χ3v) is 5.00. The van der Waals surface area contributed by atoms with Crippen LogP contribution in [0.25, 0.3) is 6.08 Å². The molecule has 1 N–H and O–H groups in total. The summed E-state index contributed by atoms with van der Waals surface area (Å²) >= 11 is 0. The molecular weight excluding hydrogens is 378 g/mol. The molecule has 1 aliphatic heterocycles. The molecule has 6 heteroatoms. The lowest BCUT2D eigenvalue weighted by Gasteiger charge is -2.15. The van der Waals surface area contributed by atoms with Crippen molar-refractivity contribution in [1.82, 2.24) is 0 Å². The number of carbonyl (C=O) groups excluding carboxylic acids is 1. The van der Waals surface area contributed by atoms with Gasteiger partial charge in [0.15, 0.2) is 0 Å². The fourth-order valence-electron chi connectivity index (χ4n) is 3.38. The lowest BCUT2D eigenvalue weighted by molar-refractivity contribution is -0.132. The lowest BCUT2D eigenvalue weighted by atomic mass is 9.91. The molecule has 1 atom stereocenters. The minimum absolute atomic E-state index is 0.0648. The standard InChI is InChI=1S/C24H23N3O3/c1-3-4-22-21(23(28)27(26-22)20-11-5-16(2)6-12-20)14-19(24(29)30)13-17-7-9-18(15-25)10-8-17/h5-13,21H,3-4,14H2,1-2H3,(H,29,30). The Morgan fingerprint density at radius 3 is 2.43 bits per heavy atom. The Balaban J connectivity index is 1.89. The maximum Gasteiger partial charge on any atom is 0.331 e. The Hall–Kier alpha value is -3.72. The smallest absolute Gasteiger partial charge is 0.331 e. The van der Waals surface area contributed by atoms with Crippen LogP contribution in [0.3, 0.4) is 0 Å². The number of aliphatic carboxylic acids is 1. The number of benzene rings is 2. The van der Waals surface area contributed by atoms with Crippen molar-refractivity contribution >= 4 is 29.4 Å². The molecule has 0 aromatic heterocycles. The molecule has 0 aliphatic carbocycles. The molecular formula is C24H23N3O3. The van der Waals surface area contributed by atoms with Gasteiger partial charge in [0.05, 0.1) is 28.9 Å². The van der Waals surface area contributed by atoms with Crippen molar-refractivity contribution in [2.45, 2.75) is 33.1 Å². The highest BCUT2D eigenvalue weighted by Gasteiger charge is 2.37. The van der Waals surface area contributed by atoms with Gasteiger partial charge in [-0.15, -0.1) is 0 Å². The third kappa shape index (κ3) is 4.64. The first-order chi connectivity index (χ1) is 14.4. The first-order valence-corrected chi connectivity index (χ1v) is 9.85. The highest BCUT2D eigenvalue weighted by molar-refractivity contribution is 6.16. The molecule has 0 radical (unpaired) electrons. The number of carbonyl (C=O) groups is 2. The summed E-state index contributed by atoms with van der Waals surface area (Å²) < 4.78 is 0. The maximum absolute atomic E-state index is 13.1. The summed E-state index contributed by atoms with van der Waals surface area (Å²) in [6, 6.07) is 16.2. The Kier molecular flexibility index (Phi) is 6.43. The summed E-state index contributed by atoms with van der Waals surface area (Å²) in [6.45, 7) is 3.97. The number of hydrogen-bond acceptors (Lipinski definition) is 4. The van der Waals surface area contributed by atoms with E-state index in [1.165, 1.54) is 5.01 Å². The van der Waals surface area contributed by atoms with E-state index in [9.17, 15) is 14.7 Å². The second-order valence-corrected chi connectivity index (χ2v) is 7.29. The Morgan fingerprint density at radius 1 is 1.20 bits per heavy atom. The molecule has 0 bridgehead atoms. The maximum atomic E-state index is 13.1. The molecule has 2 aromatic carbocycles. The minimum atomic E-state index is -1.07. The number of aryl methyl sites for hydroxylation is 1. The van der Waals surface area contributed by atoms with Gasteiger partial charge in [-0.3, -0.25) is 4.79 Å². The fourth-order valence-corrected chi connectivity index (χ4v) is 3.38. The molecule has 1 heterocycles. The molecule has 3 rings (SSSR count). The monoisotopic (exact) mass is 401 g/mol. The van der Waals surface area contributed by atoms with E-state index in [0.29, 0.717) is 28.9 Å². The third-order valence-electron chi connectivity index (χ3n) is 5.00. The zero-order valence-electron chi connectivity index (χ0n) is 17.0. The van der Waals surface area contributed by atoms with E-state index in [4.69, 9.17) is 5.26 Å². The van der Waals surface area contributed by atoms with Gasteiger partial charge in [0.25, 0.3) is 5.91 Å². The number of nitrogens with zero attached hydrogens (tertiary/aromatic N) is 3. The van der Waals surface area contributed by atoms with E-state index in [2.05, 4.69) is 5.10 Å². The Labute approximate surface area is 175 Å². The van der Waals surface area contributed by atoms with E-state index in [1.54, 1.807) is 30.3 Å². The van der Waals surface area contributed by atoms with Crippen LogP contribution in [-0.4, -0.2) is 22.7 Å². The number of rotatable bonds is 7. The molecule has 1 amide bonds. The summed E-state index contributed by atoms with van der Waals surface area (Å²) in [5.41, 5.74) is 3.76. The van der Waals surface area contributed by atoms with Crippen molar-refractivity contribution in [3.05, 3.63) is 70.8 Å². The summed E-state index contributed by atoms with van der Waals surface area (Å²) in [6.07, 6.45) is 3.05. The van der Waals surface area contributed by atoms with E-state index in [-0.39, 0.29) is 17.9 Å². The van der Waals surface area contributed by atoms with E-state index >= 15 is 0 Å². The van der Waals surface area contributed by atoms with Gasteiger partial charge in [0.1, 0.15) is 0 Å². The molecule has 1 unspecified atom stereocenters. The van der Waals surface area contributed by atoms with Crippen molar-refractivity contribution in [3.63, 3.8) is 0 Å². The summed E-state index contributed by atoms with van der Waals surface area (Å²) in [5, 5.41) is 24.6. The molecule has 1 aliphatic rings. The SMILES string of the molecule is CCCC1=NN(c2ccc(C)cc2)C(=O)C1CC(=Cc1ccc(C#N)cc1)C(=O)O. The number of hydrogen-bond donors (Lipinski definition) is 1. The van der Waals surface area contributed by atoms with Gasteiger partial charge >= 0.3 is 5.97 Å². The van der Waals surface area contributed by atoms with Crippen LogP contribution < -0.4 is 5.01 Å². The van der Waals surface area contributed by atoms with Crippen LogP contribution in [0.5, 0.6) is 0 Å². The normalized spacial score (nSPS) is 16.4. The van der Waals surface area contributed by atoms with Gasteiger partial charge < -0.3 is 5.11 Å². The number of amides is 1. The predicted octanol–water partition coefficient (Wildman–Crippen LogP) is 4.54. The highest BCUT2D eigenvalue weighted by atomic mass is 16.4. The number of carboxylic acids is 1. The quantitative estimate of drug-likeness (QED) is 0.689. The van der Waals surface area contributed by atoms with Gasteiger partial charge in [-0.1, -0.05) is 43.2 Å². The number of carboxylic acid groups (broad SMARTS) is 1. The first kappa shape index (κ1) is 21.0.